The second kappa shape index (κ2) is 8.53. The van der Waals surface area contributed by atoms with Crippen LogP contribution in [0.1, 0.15) is 17.5 Å². The van der Waals surface area contributed by atoms with Crippen LogP contribution in [0.3, 0.4) is 0 Å². The zero-order chi connectivity index (χ0) is 16.7. The van der Waals surface area contributed by atoms with Gasteiger partial charge in [-0.05, 0) is 48.2 Å². The first-order valence-electron chi connectivity index (χ1n) is 7.42. The van der Waals surface area contributed by atoms with Crippen molar-refractivity contribution < 1.29 is 13.9 Å². The number of methoxy groups -OCH3 is 1. The highest BCUT2D eigenvalue weighted by molar-refractivity contribution is 6.30. The third-order valence-corrected chi connectivity index (χ3v) is 3.70. The van der Waals surface area contributed by atoms with Crippen LogP contribution >= 0.6 is 11.6 Å². The Balaban J connectivity index is 1.74. The molecule has 0 spiro atoms. The van der Waals surface area contributed by atoms with Gasteiger partial charge in [0, 0.05) is 11.6 Å². The number of halogens is 2. The molecule has 0 saturated heterocycles. The number of ether oxygens (including phenoxy) is 1. The molecule has 0 aromatic heterocycles. The fraction of sp³-hybridized carbons (Fsp3) is 0.278. The second-order valence-electron chi connectivity index (χ2n) is 5.22. The van der Waals surface area contributed by atoms with Crippen LogP contribution in [-0.2, 0) is 17.6 Å². The van der Waals surface area contributed by atoms with Crippen LogP contribution in [0, 0.1) is 5.82 Å². The zero-order valence-electron chi connectivity index (χ0n) is 12.9. The number of aryl methyl sites for hydroxylation is 1. The van der Waals surface area contributed by atoms with E-state index in [0.717, 1.165) is 24.2 Å². The lowest BCUT2D eigenvalue weighted by atomic mass is 10.1. The summed E-state index contributed by atoms with van der Waals surface area (Å²) in [7, 11) is 1.63. The van der Waals surface area contributed by atoms with Crippen LogP contribution in [0.4, 0.5) is 4.39 Å². The van der Waals surface area contributed by atoms with Crippen molar-refractivity contribution in [1.29, 1.82) is 0 Å². The molecule has 1 amide bonds. The minimum atomic E-state index is -0.455. The number of hydrogen-bond donors (Lipinski definition) is 1. The number of nitrogens with one attached hydrogen (secondary N) is 1. The van der Waals surface area contributed by atoms with Crippen LogP contribution in [-0.4, -0.2) is 19.6 Å². The highest BCUT2D eigenvalue weighted by Gasteiger charge is 2.08. The van der Waals surface area contributed by atoms with E-state index in [0.29, 0.717) is 17.1 Å². The van der Waals surface area contributed by atoms with E-state index in [1.54, 1.807) is 13.2 Å². The molecular formula is C18H19ClFNO2. The molecule has 23 heavy (non-hydrogen) atoms. The first-order valence-corrected chi connectivity index (χ1v) is 7.80. The first kappa shape index (κ1) is 17.3. The molecule has 0 saturated carbocycles. The summed E-state index contributed by atoms with van der Waals surface area (Å²) in [6.07, 6.45) is 1.66. The van der Waals surface area contributed by atoms with Gasteiger partial charge < -0.3 is 10.1 Å². The molecule has 2 aromatic rings. The largest absolute Gasteiger partial charge is 0.497 e. The number of rotatable bonds is 7. The molecule has 3 nitrogen and oxygen atoms in total. The van der Waals surface area contributed by atoms with E-state index in [2.05, 4.69) is 5.32 Å². The summed E-state index contributed by atoms with van der Waals surface area (Å²) in [6.45, 7) is 0.547. The van der Waals surface area contributed by atoms with E-state index in [1.807, 2.05) is 24.3 Å². The maximum absolute atomic E-state index is 13.6. The Labute approximate surface area is 140 Å². The maximum Gasteiger partial charge on any atom is 0.224 e. The normalized spacial score (nSPS) is 10.4. The van der Waals surface area contributed by atoms with E-state index in [9.17, 15) is 9.18 Å². The smallest absolute Gasteiger partial charge is 0.224 e. The first-order chi connectivity index (χ1) is 11.1. The van der Waals surface area contributed by atoms with E-state index in [-0.39, 0.29) is 12.3 Å². The predicted octanol–water partition coefficient (Wildman–Crippen LogP) is 3.78. The van der Waals surface area contributed by atoms with Crippen LogP contribution in [0.25, 0.3) is 0 Å². The van der Waals surface area contributed by atoms with Gasteiger partial charge in [0.15, 0.2) is 0 Å². The van der Waals surface area contributed by atoms with Crippen LogP contribution in [0.5, 0.6) is 5.75 Å². The number of carbonyl (C=O) groups excluding carboxylic acids is 1. The van der Waals surface area contributed by atoms with Crippen molar-refractivity contribution in [3.63, 3.8) is 0 Å². The highest BCUT2D eigenvalue weighted by Crippen LogP contribution is 2.15. The Morgan fingerprint density at radius 1 is 1.26 bits per heavy atom. The van der Waals surface area contributed by atoms with Crippen molar-refractivity contribution in [1.82, 2.24) is 5.32 Å². The van der Waals surface area contributed by atoms with Gasteiger partial charge in [-0.15, -0.1) is 0 Å². The lowest BCUT2D eigenvalue weighted by Crippen LogP contribution is -2.26. The third kappa shape index (κ3) is 5.57. The van der Waals surface area contributed by atoms with Crippen LogP contribution in [0.15, 0.2) is 42.5 Å². The van der Waals surface area contributed by atoms with E-state index < -0.39 is 5.82 Å². The highest BCUT2D eigenvalue weighted by atomic mass is 35.5. The lowest BCUT2D eigenvalue weighted by molar-refractivity contribution is -0.120. The Morgan fingerprint density at radius 3 is 2.83 bits per heavy atom. The molecule has 0 bridgehead atoms. The molecule has 122 valence electrons. The molecule has 1 N–H and O–H groups in total. The van der Waals surface area contributed by atoms with Gasteiger partial charge in [-0.1, -0.05) is 29.8 Å². The topological polar surface area (TPSA) is 38.3 Å². The minimum Gasteiger partial charge on any atom is -0.497 e. The molecule has 0 aliphatic heterocycles. The summed E-state index contributed by atoms with van der Waals surface area (Å²) in [5.74, 6) is 0.172. The molecule has 0 unspecified atom stereocenters. The van der Waals surface area contributed by atoms with E-state index in [4.69, 9.17) is 16.3 Å². The number of amides is 1. The van der Waals surface area contributed by atoms with Crippen molar-refractivity contribution in [2.45, 2.75) is 19.3 Å². The molecule has 2 aromatic carbocycles. The average Bonchev–Trinajstić information content (AvgIpc) is 2.54. The van der Waals surface area contributed by atoms with Crippen LogP contribution in [0.2, 0.25) is 5.02 Å². The summed E-state index contributed by atoms with van der Waals surface area (Å²) in [5.41, 5.74) is 1.50. The zero-order valence-corrected chi connectivity index (χ0v) is 13.7. The van der Waals surface area contributed by atoms with Gasteiger partial charge in [0.2, 0.25) is 5.91 Å². The summed E-state index contributed by atoms with van der Waals surface area (Å²) in [5, 5.41) is 3.13. The Bertz CT molecular complexity index is 676. The summed E-state index contributed by atoms with van der Waals surface area (Å²) >= 11 is 5.69. The molecule has 0 aliphatic carbocycles. The molecule has 5 heteroatoms. The molecule has 0 fully saturated rings. The lowest BCUT2D eigenvalue weighted by Gasteiger charge is -2.07. The van der Waals surface area contributed by atoms with Gasteiger partial charge in [0.05, 0.1) is 13.5 Å². The van der Waals surface area contributed by atoms with E-state index in [1.165, 1.54) is 12.1 Å². The maximum atomic E-state index is 13.6. The van der Waals surface area contributed by atoms with E-state index >= 15 is 0 Å². The van der Waals surface area contributed by atoms with Gasteiger partial charge in [0.25, 0.3) is 0 Å². The fourth-order valence-electron chi connectivity index (χ4n) is 2.25. The monoisotopic (exact) mass is 335 g/mol. The summed E-state index contributed by atoms with van der Waals surface area (Å²) in [6, 6.07) is 12.2. The second-order valence-corrected chi connectivity index (χ2v) is 5.65. The molecule has 0 atom stereocenters. The fourth-order valence-corrected chi connectivity index (χ4v) is 2.41. The predicted molar refractivity (Wildman–Crippen MR) is 89.4 cm³/mol. The summed E-state index contributed by atoms with van der Waals surface area (Å²) in [4.78, 5) is 11.8. The SMILES string of the molecule is COc1cccc(CCCNC(=O)Cc2ccc(Cl)cc2F)c1. The minimum absolute atomic E-state index is 0.0160. The van der Waals surface area contributed by atoms with Crippen molar-refractivity contribution in [2.75, 3.05) is 13.7 Å². The molecule has 0 heterocycles. The number of benzene rings is 2. The molecule has 2 rings (SSSR count). The Morgan fingerprint density at radius 2 is 2.09 bits per heavy atom. The van der Waals surface area contributed by atoms with Gasteiger partial charge in [0.1, 0.15) is 11.6 Å². The number of hydrogen-bond acceptors (Lipinski definition) is 2. The average molecular weight is 336 g/mol. The van der Waals surface area contributed by atoms with Gasteiger partial charge in [-0.3, -0.25) is 4.79 Å². The van der Waals surface area contributed by atoms with Crippen molar-refractivity contribution in [3.8, 4) is 5.75 Å². The van der Waals surface area contributed by atoms with Crippen LogP contribution < -0.4 is 10.1 Å². The van der Waals surface area contributed by atoms with Gasteiger partial charge >= 0.3 is 0 Å². The molecule has 0 radical (unpaired) electrons. The standard InChI is InChI=1S/C18H19ClFNO2/c1-23-16-6-2-4-13(10-16)5-3-9-21-18(22)11-14-7-8-15(19)12-17(14)20/h2,4,6-8,10,12H,3,5,9,11H2,1H3,(H,21,22). The molecule has 0 aliphatic rings. The number of carbonyl (C=O) groups is 1. The van der Waals surface area contributed by atoms with Gasteiger partial charge in [-0.2, -0.15) is 0 Å². The van der Waals surface area contributed by atoms with Gasteiger partial charge in [-0.25, -0.2) is 4.39 Å². The Kier molecular flexibility index (Phi) is 6.41. The molecular weight excluding hydrogens is 317 g/mol. The Hall–Kier alpha value is -2.07. The quantitative estimate of drug-likeness (QED) is 0.782. The third-order valence-electron chi connectivity index (χ3n) is 3.46. The summed E-state index contributed by atoms with van der Waals surface area (Å²) < 4.78 is 18.8. The van der Waals surface area contributed by atoms with Crippen molar-refractivity contribution >= 4 is 17.5 Å². The van der Waals surface area contributed by atoms with Crippen molar-refractivity contribution in [3.05, 3.63) is 64.4 Å². The van der Waals surface area contributed by atoms with Crippen molar-refractivity contribution in [2.24, 2.45) is 0 Å².